The van der Waals surface area contributed by atoms with Crippen molar-refractivity contribution in [2.24, 2.45) is 0 Å². The van der Waals surface area contributed by atoms with Gasteiger partial charge < -0.3 is 0 Å². The molecular formula is C10H12N2O4S2. The third-order valence-corrected chi connectivity index (χ3v) is 4.03. The van der Waals surface area contributed by atoms with Gasteiger partial charge in [-0.05, 0) is 23.5 Å². The van der Waals surface area contributed by atoms with Gasteiger partial charge in [0, 0.05) is 13.1 Å². The number of nitrogens with zero attached hydrogens (tertiary/aromatic N) is 2. The van der Waals surface area contributed by atoms with Gasteiger partial charge in [-0.25, -0.2) is 0 Å². The maximum absolute atomic E-state index is 11.2. The van der Waals surface area contributed by atoms with Crippen LogP contribution in [0.4, 0.5) is 0 Å². The highest BCUT2D eigenvalue weighted by molar-refractivity contribution is 8.26. The standard InChI is InChI=1S/C10H12N2O4S2/c13-7-3-11(4-8(14)17-7)1-2-12-5-9(15)18-10(16)6-12/h1-6H2. The lowest BCUT2D eigenvalue weighted by Crippen LogP contribution is -2.46. The van der Waals surface area contributed by atoms with Crippen molar-refractivity contribution >= 4 is 44.0 Å². The van der Waals surface area contributed by atoms with Gasteiger partial charge in [-0.2, -0.15) is 0 Å². The number of rotatable bonds is 3. The van der Waals surface area contributed by atoms with Crippen molar-refractivity contribution in [2.75, 3.05) is 39.3 Å². The Balaban J connectivity index is 1.80. The van der Waals surface area contributed by atoms with E-state index in [1.54, 1.807) is 9.80 Å². The molecule has 0 unspecified atom stereocenters. The molecule has 8 heteroatoms. The quantitative estimate of drug-likeness (QED) is 0.667. The first kappa shape index (κ1) is 13.7. The molecule has 0 amide bonds. The van der Waals surface area contributed by atoms with E-state index in [4.69, 9.17) is 0 Å². The lowest BCUT2D eigenvalue weighted by molar-refractivity contribution is -0.120. The first-order chi connectivity index (χ1) is 8.52. The molecule has 0 radical (unpaired) electrons. The number of hydrogen-bond donors (Lipinski definition) is 0. The van der Waals surface area contributed by atoms with Crippen LogP contribution in [-0.2, 0) is 19.2 Å². The minimum absolute atomic E-state index is 0.146. The van der Waals surface area contributed by atoms with Crippen LogP contribution in [0, 0.1) is 0 Å². The summed E-state index contributed by atoms with van der Waals surface area (Å²) in [6.45, 7) is 2.04. The van der Waals surface area contributed by atoms with Crippen LogP contribution in [0.3, 0.4) is 0 Å². The van der Waals surface area contributed by atoms with Crippen molar-refractivity contribution in [3.05, 3.63) is 0 Å². The summed E-state index contributed by atoms with van der Waals surface area (Å²) in [5.41, 5.74) is 0. The molecule has 0 saturated carbocycles. The third kappa shape index (κ3) is 3.91. The molecule has 0 aromatic carbocycles. The van der Waals surface area contributed by atoms with Crippen LogP contribution in [0.25, 0.3) is 0 Å². The fourth-order valence-corrected chi connectivity index (χ4v) is 3.32. The Morgan fingerprint density at radius 2 is 0.944 bits per heavy atom. The van der Waals surface area contributed by atoms with Gasteiger partial charge in [0.15, 0.2) is 0 Å². The monoisotopic (exact) mass is 288 g/mol. The van der Waals surface area contributed by atoms with Crippen LogP contribution < -0.4 is 0 Å². The molecule has 2 saturated heterocycles. The molecule has 18 heavy (non-hydrogen) atoms. The number of carbonyl (C=O) groups excluding carboxylic acids is 4. The summed E-state index contributed by atoms with van der Waals surface area (Å²) in [4.78, 5) is 48.4. The van der Waals surface area contributed by atoms with E-state index in [0.717, 1.165) is 23.5 Å². The molecule has 98 valence electrons. The topological polar surface area (TPSA) is 74.8 Å². The molecule has 0 aromatic rings. The highest BCUT2D eigenvalue weighted by Gasteiger charge is 2.27. The minimum Gasteiger partial charge on any atom is -0.286 e. The molecule has 0 spiro atoms. The van der Waals surface area contributed by atoms with E-state index in [1.165, 1.54) is 0 Å². The van der Waals surface area contributed by atoms with Crippen LogP contribution in [0.15, 0.2) is 0 Å². The van der Waals surface area contributed by atoms with Gasteiger partial charge in [-0.3, -0.25) is 29.0 Å². The van der Waals surface area contributed by atoms with Gasteiger partial charge >= 0.3 is 0 Å². The minimum atomic E-state index is -0.146. The average molecular weight is 288 g/mol. The zero-order valence-corrected chi connectivity index (χ0v) is 11.2. The lowest BCUT2D eigenvalue weighted by Gasteiger charge is -2.29. The predicted molar refractivity (Wildman–Crippen MR) is 68.1 cm³/mol. The molecular weight excluding hydrogens is 276 g/mol. The Bertz CT molecular complexity index is 343. The maximum atomic E-state index is 11.2. The normalized spacial score (nSPS) is 23.8. The molecule has 2 aliphatic rings. The Morgan fingerprint density at radius 1 is 0.667 bits per heavy atom. The molecule has 2 aliphatic heterocycles. The summed E-state index contributed by atoms with van der Waals surface area (Å²) in [5, 5.41) is -0.583. The Hall–Kier alpha value is -0.700. The van der Waals surface area contributed by atoms with Crippen molar-refractivity contribution in [2.45, 2.75) is 0 Å². The molecule has 0 aliphatic carbocycles. The van der Waals surface area contributed by atoms with Gasteiger partial charge in [0.2, 0.25) is 20.5 Å². The lowest BCUT2D eigenvalue weighted by atomic mass is 10.4. The Kier molecular flexibility index (Phi) is 4.55. The van der Waals surface area contributed by atoms with Gasteiger partial charge in [-0.15, -0.1) is 0 Å². The van der Waals surface area contributed by atoms with Gasteiger partial charge in [0.1, 0.15) is 0 Å². The highest BCUT2D eigenvalue weighted by atomic mass is 32.2. The van der Waals surface area contributed by atoms with E-state index < -0.39 is 0 Å². The molecule has 2 fully saturated rings. The molecule has 6 nitrogen and oxygen atoms in total. The van der Waals surface area contributed by atoms with Crippen LogP contribution in [0.1, 0.15) is 0 Å². The van der Waals surface area contributed by atoms with Crippen molar-refractivity contribution < 1.29 is 19.2 Å². The molecule has 0 atom stereocenters. The molecule has 0 bridgehead atoms. The molecule has 2 heterocycles. The van der Waals surface area contributed by atoms with E-state index in [9.17, 15) is 19.2 Å². The molecule has 0 N–H and O–H groups in total. The van der Waals surface area contributed by atoms with Crippen LogP contribution in [0.5, 0.6) is 0 Å². The molecule has 0 aromatic heterocycles. The van der Waals surface area contributed by atoms with Gasteiger partial charge in [-0.1, -0.05) is 0 Å². The fourth-order valence-electron chi connectivity index (χ4n) is 1.82. The SMILES string of the molecule is O=C1CN(CCN2CC(=O)SC(=O)C2)CC(=O)S1. The van der Waals surface area contributed by atoms with E-state index in [-0.39, 0.29) is 46.6 Å². The Morgan fingerprint density at radius 3 is 1.22 bits per heavy atom. The highest BCUT2D eigenvalue weighted by Crippen LogP contribution is 2.15. The summed E-state index contributed by atoms with van der Waals surface area (Å²) < 4.78 is 0. The van der Waals surface area contributed by atoms with Gasteiger partial charge in [0.05, 0.1) is 26.2 Å². The summed E-state index contributed by atoms with van der Waals surface area (Å²) in [6, 6.07) is 0. The van der Waals surface area contributed by atoms with E-state index >= 15 is 0 Å². The van der Waals surface area contributed by atoms with E-state index in [2.05, 4.69) is 0 Å². The summed E-state index contributed by atoms with van der Waals surface area (Å²) in [7, 11) is 0. The largest absolute Gasteiger partial charge is 0.286 e. The average Bonchev–Trinajstić information content (AvgIpc) is 2.23. The summed E-state index contributed by atoms with van der Waals surface area (Å²) in [6.07, 6.45) is 0. The number of carbonyl (C=O) groups is 4. The molecule has 2 rings (SSSR count). The zero-order valence-electron chi connectivity index (χ0n) is 9.59. The van der Waals surface area contributed by atoms with Gasteiger partial charge in [0.25, 0.3) is 0 Å². The van der Waals surface area contributed by atoms with Crippen molar-refractivity contribution in [3.63, 3.8) is 0 Å². The Labute approximate surface area is 112 Å². The third-order valence-electron chi connectivity index (χ3n) is 2.60. The first-order valence-corrected chi connectivity index (χ1v) is 7.08. The van der Waals surface area contributed by atoms with Crippen LogP contribution >= 0.6 is 23.5 Å². The zero-order chi connectivity index (χ0) is 13.1. The predicted octanol–water partition coefficient (Wildman–Crippen LogP) is -0.810. The van der Waals surface area contributed by atoms with Crippen LogP contribution in [0.2, 0.25) is 0 Å². The summed E-state index contributed by atoms with van der Waals surface area (Å²) in [5.74, 6) is 0. The second-order valence-corrected chi connectivity index (χ2v) is 6.34. The van der Waals surface area contributed by atoms with Crippen molar-refractivity contribution in [1.82, 2.24) is 9.80 Å². The van der Waals surface area contributed by atoms with Crippen LogP contribution in [-0.4, -0.2) is 69.5 Å². The van der Waals surface area contributed by atoms with Crippen molar-refractivity contribution in [1.29, 1.82) is 0 Å². The maximum Gasteiger partial charge on any atom is 0.210 e. The summed E-state index contributed by atoms with van der Waals surface area (Å²) >= 11 is 1.53. The fraction of sp³-hybridized carbons (Fsp3) is 0.600. The number of hydrogen-bond acceptors (Lipinski definition) is 8. The second-order valence-electron chi connectivity index (χ2n) is 4.11. The second kappa shape index (κ2) is 5.96. The van der Waals surface area contributed by atoms with E-state index in [1.807, 2.05) is 0 Å². The van der Waals surface area contributed by atoms with Crippen molar-refractivity contribution in [3.8, 4) is 0 Å². The first-order valence-electron chi connectivity index (χ1n) is 5.44. The van der Waals surface area contributed by atoms with E-state index in [0.29, 0.717) is 13.1 Å². The smallest absolute Gasteiger partial charge is 0.210 e. The number of thioether (sulfide) groups is 2.